The minimum atomic E-state index is -2.65. The van der Waals surface area contributed by atoms with Gasteiger partial charge in [-0.2, -0.15) is 0 Å². The third-order valence-corrected chi connectivity index (χ3v) is 19.6. The lowest BCUT2D eigenvalue weighted by Gasteiger charge is -2.28. The Bertz CT molecular complexity index is 973. The highest BCUT2D eigenvalue weighted by Gasteiger charge is 2.40. The minimum Gasteiger partial charge on any atom is -0.374 e. The molecule has 186 valence electrons. The molecule has 2 aromatic carbocycles. The van der Waals surface area contributed by atoms with E-state index in [1.807, 2.05) is 37.6 Å². The molecule has 1 aromatic heterocycles. The summed E-state index contributed by atoms with van der Waals surface area (Å²) in [7, 11) is 8.01. The number of aromatic nitrogens is 1. The SMILES string of the molecule is CCO[Si](CCc1cc(C)ccc1SSSSSSc1nc2ccccc2s1)(OCC)OCC. The van der Waals surface area contributed by atoms with Crippen molar-refractivity contribution in [3.63, 3.8) is 0 Å². The maximum atomic E-state index is 6.05. The second-order valence-electron chi connectivity index (χ2n) is 6.98. The summed E-state index contributed by atoms with van der Waals surface area (Å²) < 4.78 is 20.5. The molecule has 12 heteroatoms. The maximum absolute atomic E-state index is 6.05. The Morgan fingerprint density at radius 3 is 2.21 bits per heavy atom. The van der Waals surface area contributed by atoms with Crippen LogP contribution in [0.25, 0.3) is 10.2 Å². The van der Waals surface area contributed by atoms with Gasteiger partial charge in [0.25, 0.3) is 0 Å². The number of hydrogen-bond donors (Lipinski definition) is 0. The predicted octanol–water partition coefficient (Wildman–Crippen LogP) is 9.59. The summed E-state index contributed by atoms with van der Waals surface area (Å²) in [6, 6.07) is 15.8. The van der Waals surface area contributed by atoms with Crippen LogP contribution in [-0.4, -0.2) is 33.6 Å². The van der Waals surface area contributed by atoms with Gasteiger partial charge in [-0.1, -0.05) is 29.8 Å². The summed E-state index contributed by atoms with van der Waals surface area (Å²) in [4.78, 5) is 5.97. The Morgan fingerprint density at radius 2 is 1.53 bits per heavy atom. The lowest BCUT2D eigenvalue weighted by molar-refractivity contribution is 0.0714. The molecule has 0 amide bonds. The molecule has 0 saturated heterocycles. The van der Waals surface area contributed by atoms with E-state index in [1.54, 1.807) is 61.4 Å². The molecule has 0 aliphatic carbocycles. The van der Waals surface area contributed by atoms with Gasteiger partial charge < -0.3 is 13.3 Å². The molecule has 3 aromatic rings. The first-order chi connectivity index (χ1) is 16.6. The number of aryl methyl sites for hydroxylation is 2. The van der Waals surface area contributed by atoms with Gasteiger partial charge in [0, 0.05) is 30.8 Å². The molecule has 0 radical (unpaired) electrons. The van der Waals surface area contributed by atoms with E-state index in [0.29, 0.717) is 19.8 Å². The fourth-order valence-corrected chi connectivity index (χ4v) is 18.6. The Balaban J connectivity index is 1.48. The van der Waals surface area contributed by atoms with Crippen LogP contribution in [0.2, 0.25) is 6.04 Å². The highest BCUT2D eigenvalue weighted by molar-refractivity contribution is 9.41. The van der Waals surface area contributed by atoms with E-state index in [9.17, 15) is 0 Å². The maximum Gasteiger partial charge on any atom is 0.501 e. The quantitative estimate of drug-likeness (QED) is 0.0893. The molecular weight excluding hydrogens is 579 g/mol. The molecule has 0 unspecified atom stereocenters. The zero-order chi connectivity index (χ0) is 24.2. The van der Waals surface area contributed by atoms with Crippen molar-refractivity contribution in [2.45, 2.75) is 49.4 Å². The first-order valence-corrected chi connectivity index (χ1v) is 21.2. The van der Waals surface area contributed by atoms with Crippen molar-refractivity contribution in [1.82, 2.24) is 4.98 Å². The summed E-state index contributed by atoms with van der Waals surface area (Å²) in [5.41, 5.74) is 3.68. The number of fused-ring (bicyclic) bond motifs is 1. The second kappa shape index (κ2) is 15.7. The molecule has 0 bridgehead atoms. The zero-order valence-electron chi connectivity index (χ0n) is 19.6. The molecule has 0 saturated carbocycles. The average Bonchev–Trinajstić information content (AvgIpc) is 3.24. The van der Waals surface area contributed by atoms with Crippen LogP contribution in [0, 0.1) is 6.92 Å². The highest BCUT2D eigenvalue weighted by atomic mass is 33.9. The van der Waals surface area contributed by atoms with E-state index >= 15 is 0 Å². The Labute approximate surface area is 230 Å². The zero-order valence-corrected chi connectivity index (χ0v) is 26.3. The number of rotatable bonds is 16. The van der Waals surface area contributed by atoms with Crippen molar-refractivity contribution in [1.29, 1.82) is 0 Å². The van der Waals surface area contributed by atoms with Crippen molar-refractivity contribution >= 4 is 91.2 Å². The van der Waals surface area contributed by atoms with Crippen LogP contribution in [-0.2, 0) is 19.7 Å². The third-order valence-electron chi connectivity index (χ3n) is 4.60. The van der Waals surface area contributed by atoms with E-state index in [0.717, 1.165) is 22.3 Å². The molecule has 4 nitrogen and oxygen atoms in total. The van der Waals surface area contributed by atoms with Crippen LogP contribution >= 0.6 is 72.2 Å². The molecule has 0 aliphatic heterocycles. The summed E-state index contributed by atoms with van der Waals surface area (Å²) >= 11 is 1.75. The van der Waals surface area contributed by atoms with E-state index in [4.69, 9.17) is 13.3 Å². The average molecular weight is 608 g/mol. The fraction of sp³-hybridized carbons (Fsp3) is 0.409. The summed E-state index contributed by atoms with van der Waals surface area (Å²) in [6.07, 6.45) is 0.886. The molecule has 0 spiro atoms. The third kappa shape index (κ3) is 9.12. The molecule has 34 heavy (non-hydrogen) atoms. The molecule has 0 aliphatic rings. The Hall–Kier alpha value is 0.527. The van der Waals surface area contributed by atoms with Gasteiger partial charge in [-0.3, -0.25) is 0 Å². The molecule has 3 rings (SSSR count). The van der Waals surface area contributed by atoms with Crippen LogP contribution < -0.4 is 0 Å². The van der Waals surface area contributed by atoms with E-state index in [2.05, 4.69) is 48.3 Å². The van der Waals surface area contributed by atoms with Crippen LogP contribution in [0.1, 0.15) is 31.9 Å². The van der Waals surface area contributed by atoms with Gasteiger partial charge in [0.2, 0.25) is 0 Å². The number of para-hydroxylation sites is 1. The lowest BCUT2D eigenvalue weighted by atomic mass is 10.1. The minimum absolute atomic E-state index is 0.609. The summed E-state index contributed by atoms with van der Waals surface area (Å²) in [6.45, 7) is 9.99. The van der Waals surface area contributed by atoms with Crippen LogP contribution in [0.4, 0.5) is 0 Å². The van der Waals surface area contributed by atoms with Crippen molar-refractivity contribution in [3.05, 3.63) is 53.6 Å². The lowest BCUT2D eigenvalue weighted by Crippen LogP contribution is -2.46. The van der Waals surface area contributed by atoms with Crippen molar-refractivity contribution < 1.29 is 13.3 Å². The van der Waals surface area contributed by atoms with E-state index in [-0.39, 0.29) is 0 Å². The summed E-state index contributed by atoms with van der Waals surface area (Å²) in [5, 5.41) is 0. The smallest absolute Gasteiger partial charge is 0.374 e. The normalized spacial score (nSPS) is 12.0. The molecule has 0 atom stereocenters. The Morgan fingerprint density at radius 1 is 0.853 bits per heavy atom. The van der Waals surface area contributed by atoms with Crippen LogP contribution in [0.15, 0.2) is 51.7 Å². The molecule has 0 fully saturated rings. The van der Waals surface area contributed by atoms with Gasteiger partial charge in [0.15, 0.2) is 4.34 Å². The largest absolute Gasteiger partial charge is 0.501 e. The molecule has 0 N–H and O–H groups in total. The molecular formula is C22H29NO3S7Si. The predicted molar refractivity (Wildman–Crippen MR) is 162 cm³/mol. The number of hydrogen-bond acceptors (Lipinski definition) is 11. The van der Waals surface area contributed by atoms with Crippen LogP contribution in [0.5, 0.6) is 0 Å². The van der Waals surface area contributed by atoms with Gasteiger partial charge >= 0.3 is 8.80 Å². The number of thiazole rings is 1. The van der Waals surface area contributed by atoms with Gasteiger partial charge in [-0.25, -0.2) is 4.98 Å². The number of nitrogens with zero attached hydrogens (tertiary/aromatic N) is 1. The van der Waals surface area contributed by atoms with Gasteiger partial charge in [-0.15, -0.1) is 11.3 Å². The first-order valence-electron chi connectivity index (χ1n) is 11.0. The second-order valence-corrected chi connectivity index (χ2v) is 20.2. The van der Waals surface area contributed by atoms with Crippen molar-refractivity contribution in [2.24, 2.45) is 0 Å². The Kier molecular flexibility index (Phi) is 13.4. The summed E-state index contributed by atoms with van der Waals surface area (Å²) in [5.74, 6) is 0. The first kappa shape index (κ1) is 29.1. The van der Waals surface area contributed by atoms with Crippen LogP contribution in [0.3, 0.4) is 0 Å². The van der Waals surface area contributed by atoms with Gasteiger partial charge in [-0.05, 0) is 119 Å². The molecule has 1 heterocycles. The van der Waals surface area contributed by atoms with Crippen molar-refractivity contribution in [2.75, 3.05) is 19.8 Å². The fourth-order valence-electron chi connectivity index (χ4n) is 3.28. The van der Waals surface area contributed by atoms with E-state index in [1.165, 1.54) is 20.7 Å². The number of benzene rings is 2. The van der Waals surface area contributed by atoms with Gasteiger partial charge in [0.1, 0.15) is 0 Å². The van der Waals surface area contributed by atoms with Gasteiger partial charge in [0.05, 0.1) is 10.2 Å². The van der Waals surface area contributed by atoms with Crippen molar-refractivity contribution in [3.8, 4) is 0 Å². The van der Waals surface area contributed by atoms with E-state index < -0.39 is 8.80 Å². The monoisotopic (exact) mass is 607 g/mol. The standard InChI is InChI=1S/C22H29NO3S7Si/c1-5-24-34(25-6-2,26-7-3)15-14-18-16-17(4)12-13-20(18)28-30-32-33-31-29-22-23-19-10-8-9-11-21(19)27-22/h8-13,16H,5-7,14-15H2,1-4H3. The topological polar surface area (TPSA) is 40.6 Å². The highest BCUT2D eigenvalue weighted by Crippen LogP contribution is 2.56.